The first-order valence-electron chi connectivity index (χ1n) is 5.99. The molecule has 1 aromatic rings. The quantitative estimate of drug-likeness (QED) is 0.388. The van der Waals surface area contributed by atoms with Crippen molar-refractivity contribution in [3.05, 3.63) is 57.6 Å². The molecule has 1 N–H and O–H groups in total. The van der Waals surface area contributed by atoms with Crippen LogP contribution in [-0.2, 0) is 14.3 Å². The predicted octanol–water partition coefficient (Wildman–Crippen LogP) is 1.35. The first kappa shape index (κ1) is 13.9. The molecule has 1 aliphatic heterocycles. The Labute approximate surface area is 115 Å². The van der Waals surface area contributed by atoms with Crippen LogP contribution in [0.1, 0.15) is 18.6 Å². The Morgan fingerprint density at radius 3 is 2.60 bits per heavy atom. The molecule has 1 fully saturated rings. The maximum Gasteiger partial charge on any atom is 0.415 e. The van der Waals surface area contributed by atoms with Gasteiger partial charge >= 0.3 is 11.7 Å². The molecular weight excluding hydrogens is 264 g/mol. The van der Waals surface area contributed by atoms with Crippen molar-refractivity contribution in [2.45, 2.75) is 19.1 Å². The smallest absolute Gasteiger partial charge is 0.415 e. The Hall–Kier alpha value is -2.57. The third kappa shape index (κ3) is 2.56. The van der Waals surface area contributed by atoms with Gasteiger partial charge in [-0.05, 0) is 12.5 Å². The summed E-state index contributed by atoms with van der Waals surface area (Å²) in [4.78, 5) is 21.6. The fourth-order valence-corrected chi connectivity index (χ4v) is 2.02. The molecule has 0 aromatic heterocycles. The second-order valence-electron chi connectivity index (χ2n) is 4.31. The van der Waals surface area contributed by atoms with E-state index in [0.29, 0.717) is 0 Å². The molecule has 0 unspecified atom stereocenters. The molecule has 0 aliphatic carbocycles. The summed E-state index contributed by atoms with van der Waals surface area (Å²) in [5, 5.41) is 13.8. The van der Waals surface area contributed by atoms with Crippen molar-refractivity contribution in [3.8, 4) is 0 Å². The number of nitrogens with one attached hydrogen (secondary N) is 1. The molecule has 106 valence electrons. The van der Waals surface area contributed by atoms with Crippen LogP contribution in [0.25, 0.3) is 0 Å². The number of benzene rings is 1. The van der Waals surface area contributed by atoms with Crippen molar-refractivity contribution in [1.82, 2.24) is 5.32 Å². The Kier molecular flexibility index (Phi) is 3.88. The first-order valence-corrected chi connectivity index (χ1v) is 5.99. The molecule has 0 spiro atoms. The fraction of sp³-hybridized carbons (Fsp3) is 0.308. The summed E-state index contributed by atoms with van der Waals surface area (Å²) in [5.41, 5.74) is 0.146. The summed E-state index contributed by atoms with van der Waals surface area (Å²) in [6.07, 6.45) is -0.397. The molecular formula is C13H14N2O5. The van der Waals surface area contributed by atoms with Gasteiger partial charge in [0.1, 0.15) is 6.10 Å². The monoisotopic (exact) mass is 278 g/mol. The van der Waals surface area contributed by atoms with Gasteiger partial charge in [0.2, 0.25) is 0 Å². The van der Waals surface area contributed by atoms with E-state index in [-0.39, 0.29) is 11.9 Å². The normalized spacial score (nSPS) is 23.5. The minimum Gasteiger partial charge on any atom is -0.464 e. The standard InChI is InChI=1S/C13H14N2O5/c1-8-11(9-6-4-3-5-7-9)20-12(14-8)10(15(17)18)13(16)19-2/h3-8,11,14H,1-2H3/b12-10+/t8-,11+/m1/s1. The van der Waals surface area contributed by atoms with Crippen LogP contribution in [0.15, 0.2) is 41.9 Å². The van der Waals surface area contributed by atoms with Crippen molar-refractivity contribution in [2.75, 3.05) is 7.11 Å². The lowest BCUT2D eigenvalue weighted by Crippen LogP contribution is -2.24. The van der Waals surface area contributed by atoms with Gasteiger partial charge in [-0.1, -0.05) is 30.3 Å². The summed E-state index contributed by atoms with van der Waals surface area (Å²) in [5.74, 6) is -1.21. The van der Waals surface area contributed by atoms with Gasteiger partial charge in [0.15, 0.2) is 0 Å². The third-order valence-corrected chi connectivity index (χ3v) is 2.96. The second kappa shape index (κ2) is 5.60. The summed E-state index contributed by atoms with van der Waals surface area (Å²) < 4.78 is 9.94. The highest BCUT2D eigenvalue weighted by Gasteiger charge is 2.39. The Morgan fingerprint density at radius 1 is 1.40 bits per heavy atom. The number of nitro groups is 1. The maximum absolute atomic E-state index is 11.4. The van der Waals surface area contributed by atoms with E-state index >= 15 is 0 Å². The van der Waals surface area contributed by atoms with Gasteiger partial charge in [0.05, 0.1) is 18.1 Å². The van der Waals surface area contributed by atoms with E-state index < -0.39 is 22.7 Å². The largest absolute Gasteiger partial charge is 0.464 e. The topological polar surface area (TPSA) is 90.7 Å². The van der Waals surface area contributed by atoms with Gasteiger partial charge in [-0.3, -0.25) is 10.1 Å². The zero-order valence-corrected chi connectivity index (χ0v) is 11.0. The zero-order valence-electron chi connectivity index (χ0n) is 11.0. The summed E-state index contributed by atoms with van der Waals surface area (Å²) in [6.45, 7) is 1.82. The SMILES string of the molecule is COC(=O)/C(=C1/N[C@H](C)[C@@H](c2ccccc2)O1)[N+](=O)[O-]. The molecule has 0 saturated carbocycles. The molecule has 1 heterocycles. The van der Waals surface area contributed by atoms with Gasteiger partial charge in [0.25, 0.3) is 5.88 Å². The minimum atomic E-state index is -1.04. The third-order valence-electron chi connectivity index (χ3n) is 2.96. The fourth-order valence-electron chi connectivity index (χ4n) is 2.02. The molecule has 2 atom stereocenters. The number of hydrogen-bond donors (Lipinski definition) is 1. The van der Waals surface area contributed by atoms with Crippen molar-refractivity contribution in [1.29, 1.82) is 0 Å². The highest BCUT2D eigenvalue weighted by molar-refractivity contribution is 5.86. The van der Waals surface area contributed by atoms with Crippen LogP contribution in [0.3, 0.4) is 0 Å². The number of carbonyl (C=O) groups excluding carboxylic acids is 1. The molecule has 0 amide bonds. The minimum absolute atomic E-state index is 0.164. The van der Waals surface area contributed by atoms with E-state index in [1.54, 1.807) is 0 Å². The van der Waals surface area contributed by atoms with Crippen molar-refractivity contribution in [3.63, 3.8) is 0 Å². The number of ether oxygens (including phenoxy) is 2. The number of carbonyl (C=O) groups is 1. The highest BCUT2D eigenvalue weighted by Crippen LogP contribution is 2.31. The number of esters is 1. The molecule has 1 aliphatic rings. The summed E-state index contributed by atoms with van der Waals surface area (Å²) >= 11 is 0. The van der Waals surface area contributed by atoms with E-state index in [0.717, 1.165) is 12.7 Å². The van der Waals surface area contributed by atoms with Crippen molar-refractivity contribution < 1.29 is 19.2 Å². The molecule has 1 aromatic carbocycles. The van der Waals surface area contributed by atoms with E-state index in [1.165, 1.54) is 0 Å². The lowest BCUT2D eigenvalue weighted by atomic mass is 10.0. The lowest BCUT2D eigenvalue weighted by Gasteiger charge is -2.12. The van der Waals surface area contributed by atoms with Crippen molar-refractivity contribution >= 4 is 5.97 Å². The summed E-state index contributed by atoms with van der Waals surface area (Å²) in [6, 6.07) is 9.08. The molecule has 7 heteroatoms. The summed E-state index contributed by atoms with van der Waals surface area (Å²) in [7, 11) is 1.08. The molecule has 20 heavy (non-hydrogen) atoms. The van der Waals surface area contributed by atoms with Crippen LogP contribution >= 0.6 is 0 Å². The average Bonchev–Trinajstić information content (AvgIpc) is 2.81. The van der Waals surface area contributed by atoms with Gasteiger partial charge in [-0.25, -0.2) is 4.79 Å². The van der Waals surface area contributed by atoms with E-state index in [1.807, 2.05) is 37.3 Å². The van der Waals surface area contributed by atoms with E-state index in [4.69, 9.17) is 4.74 Å². The number of nitrogens with zero attached hydrogens (tertiary/aromatic N) is 1. The van der Waals surface area contributed by atoms with Gasteiger partial charge in [-0.2, -0.15) is 0 Å². The number of methoxy groups -OCH3 is 1. The molecule has 2 rings (SSSR count). The Bertz CT molecular complexity index is 555. The average molecular weight is 278 g/mol. The van der Waals surface area contributed by atoms with E-state index in [2.05, 4.69) is 10.1 Å². The van der Waals surface area contributed by atoms with Crippen LogP contribution < -0.4 is 5.32 Å². The predicted molar refractivity (Wildman–Crippen MR) is 68.9 cm³/mol. The van der Waals surface area contributed by atoms with Gasteiger partial charge in [-0.15, -0.1) is 0 Å². The zero-order chi connectivity index (χ0) is 14.7. The van der Waals surface area contributed by atoms with Gasteiger partial charge < -0.3 is 14.8 Å². The molecule has 7 nitrogen and oxygen atoms in total. The highest BCUT2D eigenvalue weighted by atomic mass is 16.6. The van der Waals surface area contributed by atoms with Crippen molar-refractivity contribution in [2.24, 2.45) is 0 Å². The van der Waals surface area contributed by atoms with Crippen LogP contribution in [-0.4, -0.2) is 24.0 Å². The van der Waals surface area contributed by atoms with Crippen LogP contribution in [0, 0.1) is 10.1 Å². The molecule has 0 radical (unpaired) electrons. The first-order chi connectivity index (χ1) is 9.54. The molecule has 0 bridgehead atoms. The van der Waals surface area contributed by atoms with Gasteiger partial charge in [0, 0.05) is 0 Å². The molecule has 1 saturated heterocycles. The second-order valence-corrected chi connectivity index (χ2v) is 4.31. The number of hydrogen-bond acceptors (Lipinski definition) is 6. The van der Waals surface area contributed by atoms with Crippen LogP contribution in [0.2, 0.25) is 0 Å². The Morgan fingerprint density at radius 2 is 2.05 bits per heavy atom. The number of rotatable bonds is 3. The maximum atomic E-state index is 11.4. The Balaban J connectivity index is 2.33. The van der Waals surface area contributed by atoms with E-state index in [9.17, 15) is 14.9 Å². The van der Waals surface area contributed by atoms with Crippen LogP contribution in [0.5, 0.6) is 0 Å². The van der Waals surface area contributed by atoms with Crippen LogP contribution in [0.4, 0.5) is 0 Å². The lowest BCUT2D eigenvalue weighted by molar-refractivity contribution is -0.424.